The second-order valence-electron chi connectivity index (χ2n) is 6.54. The van der Waals surface area contributed by atoms with Crippen LogP contribution >= 0.6 is 0 Å². The van der Waals surface area contributed by atoms with Gasteiger partial charge in [0, 0.05) is 12.1 Å². The Kier molecular flexibility index (Phi) is 2.80. The van der Waals surface area contributed by atoms with Gasteiger partial charge in [-0.3, -0.25) is 4.90 Å². The van der Waals surface area contributed by atoms with Gasteiger partial charge in [-0.25, -0.2) is 0 Å². The van der Waals surface area contributed by atoms with E-state index in [1.165, 1.54) is 56.2 Å². The average molecular weight is 257 g/mol. The molecule has 0 bridgehead atoms. The largest absolute Gasteiger partial charge is 0.508 e. The molecule has 19 heavy (non-hydrogen) atoms. The first kappa shape index (κ1) is 11.8. The van der Waals surface area contributed by atoms with Gasteiger partial charge in [0.25, 0.3) is 0 Å². The van der Waals surface area contributed by atoms with Crippen molar-refractivity contribution in [2.45, 2.75) is 57.0 Å². The molecule has 3 unspecified atom stereocenters. The third kappa shape index (κ3) is 1.80. The molecular formula is C17H23NO. The molecule has 4 rings (SSSR count). The Hall–Kier alpha value is -1.02. The molecule has 2 aliphatic carbocycles. The van der Waals surface area contributed by atoms with E-state index in [1.807, 2.05) is 12.1 Å². The van der Waals surface area contributed by atoms with Gasteiger partial charge in [-0.15, -0.1) is 0 Å². The smallest absolute Gasteiger partial charge is 0.119 e. The summed E-state index contributed by atoms with van der Waals surface area (Å²) in [5, 5.41) is 10.0. The van der Waals surface area contributed by atoms with Crippen LogP contribution in [0.5, 0.6) is 5.75 Å². The maximum atomic E-state index is 10.0. The number of aromatic hydroxyl groups is 1. The Balaban J connectivity index is 1.63. The van der Waals surface area contributed by atoms with E-state index in [0.29, 0.717) is 11.8 Å². The van der Waals surface area contributed by atoms with Crippen LogP contribution in [0.15, 0.2) is 18.2 Å². The highest BCUT2D eigenvalue weighted by Gasteiger charge is 2.41. The Morgan fingerprint density at radius 2 is 1.95 bits per heavy atom. The average Bonchev–Trinajstić information content (AvgIpc) is 3.02. The van der Waals surface area contributed by atoms with Crippen molar-refractivity contribution in [3.05, 3.63) is 29.3 Å². The summed E-state index contributed by atoms with van der Waals surface area (Å²) in [4.78, 5) is 2.77. The third-order valence-corrected chi connectivity index (χ3v) is 5.67. The van der Waals surface area contributed by atoms with Crippen molar-refractivity contribution in [1.29, 1.82) is 0 Å². The van der Waals surface area contributed by atoms with E-state index < -0.39 is 0 Å². The molecule has 1 heterocycles. The third-order valence-electron chi connectivity index (χ3n) is 5.67. The van der Waals surface area contributed by atoms with Crippen LogP contribution in [-0.2, 0) is 6.42 Å². The summed E-state index contributed by atoms with van der Waals surface area (Å²) < 4.78 is 0. The van der Waals surface area contributed by atoms with Crippen molar-refractivity contribution in [2.24, 2.45) is 5.92 Å². The Morgan fingerprint density at radius 1 is 1.05 bits per heavy atom. The molecule has 2 nitrogen and oxygen atoms in total. The highest BCUT2D eigenvalue weighted by molar-refractivity contribution is 5.44. The van der Waals surface area contributed by atoms with Crippen LogP contribution < -0.4 is 0 Å². The van der Waals surface area contributed by atoms with Crippen molar-refractivity contribution >= 4 is 0 Å². The molecule has 1 saturated carbocycles. The summed E-state index contributed by atoms with van der Waals surface area (Å²) in [5.74, 6) is 1.47. The highest BCUT2D eigenvalue weighted by Crippen LogP contribution is 2.46. The highest BCUT2D eigenvalue weighted by atomic mass is 16.3. The van der Waals surface area contributed by atoms with Gasteiger partial charge in [-0.2, -0.15) is 0 Å². The van der Waals surface area contributed by atoms with E-state index in [-0.39, 0.29) is 0 Å². The first-order chi connectivity index (χ1) is 9.34. The summed E-state index contributed by atoms with van der Waals surface area (Å²) >= 11 is 0. The lowest BCUT2D eigenvalue weighted by atomic mass is 9.85. The summed E-state index contributed by atoms with van der Waals surface area (Å²) in [6.45, 7) is 1.27. The normalized spacial score (nSPS) is 34.2. The molecule has 102 valence electrons. The van der Waals surface area contributed by atoms with Crippen LogP contribution in [-0.4, -0.2) is 22.6 Å². The number of hydrogen-bond acceptors (Lipinski definition) is 2. The Bertz CT molecular complexity index is 484. The Morgan fingerprint density at radius 3 is 2.89 bits per heavy atom. The molecule has 0 spiro atoms. The van der Waals surface area contributed by atoms with E-state index >= 15 is 0 Å². The molecule has 3 atom stereocenters. The van der Waals surface area contributed by atoms with E-state index in [4.69, 9.17) is 0 Å². The zero-order valence-corrected chi connectivity index (χ0v) is 11.5. The quantitative estimate of drug-likeness (QED) is 0.830. The summed E-state index contributed by atoms with van der Waals surface area (Å²) in [6.07, 6.45) is 9.36. The van der Waals surface area contributed by atoms with Crippen LogP contribution in [0.1, 0.15) is 55.7 Å². The number of nitrogens with zero attached hydrogens (tertiary/aromatic N) is 1. The van der Waals surface area contributed by atoms with Crippen LogP contribution in [0, 0.1) is 5.92 Å². The molecular weight excluding hydrogens is 234 g/mol. The van der Waals surface area contributed by atoms with Gasteiger partial charge in [0.1, 0.15) is 5.75 Å². The molecule has 1 saturated heterocycles. The van der Waals surface area contributed by atoms with Gasteiger partial charge in [0.15, 0.2) is 0 Å². The summed E-state index contributed by atoms with van der Waals surface area (Å²) in [7, 11) is 0. The number of phenols is 1. The fourth-order valence-corrected chi connectivity index (χ4v) is 4.79. The minimum Gasteiger partial charge on any atom is -0.508 e. The van der Waals surface area contributed by atoms with Gasteiger partial charge in [-0.05, 0) is 61.8 Å². The molecule has 1 aromatic carbocycles. The van der Waals surface area contributed by atoms with E-state index in [9.17, 15) is 5.11 Å². The molecule has 0 radical (unpaired) electrons. The topological polar surface area (TPSA) is 23.5 Å². The van der Waals surface area contributed by atoms with Crippen molar-refractivity contribution in [2.75, 3.05) is 6.54 Å². The number of fused-ring (bicyclic) bond motifs is 2. The summed E-state index contributed by atoms with van der Waals surface area (Å²) in [5.41, 5.74) is 2.62. The zero-order valence-electron chi connectivity index (χ0n) is 11.5. The standard InChI is InChI=1S/C17H23NO/c19-17-7-3-5-13-14(17)8-9-16(13)18-11-10-12-4-1-2-6-15(12)18/h3,5,7,12,15-16,19H,1-2,4,6,8-11H2. The van der Waals surface area contributed by atoms with Crippen molar-refractivity contribution in [3.8, 4) is 5.75 Å². The van der Waals surface area contributed by atoms with Gasteiger partial charge in [-0.1, -0.05) is 25.0 Å². The molecule has 1 aromatic rings. The number of hydrogen-bond donors (Lipinski definition) is 1. The van der Waals surface area contributed by atoms with Gasteiger partial charge in [0.05, 0.1) is 0 Å². The van der Waals surface area contributed by atoms with Gasteiger partial charge in [0.2, 0.25) is 0 Å². The van der Waals surface area contributed by atoms with Gasteiger partial charge < -0.3 is 5.11 Å². The van der Waals surface area contributed by atoms with E-state index in [1.54, 1.807) is 0 Å². The lowest BCUT2D eigenvalue weighted by Crippen LogP contribution is -2.36. The maximum Gasteiger partial charge on any atom is 0.119 e. The second kappa shape index (κ2) is 4.52. The number of rotatable bonds is 1. The van der Waals surface area contributed by atoms with Crippen molar-refractivity contribution in [1.82, 2.24) is 4.90 Å². The number of benzene rings is 1. The fourth-order valence-electron chi connectivity index (χ4n) is 4.79. The first-order valence-corrected chi connectivity index (χ1v) is 7.91. The lowest BCUT2D eigenvalue weighted by molar-refractivity contribution is 0.132. The molecule has 0 aromatic heterocycles. The number of phenolic OH excluding ortho intramolecular Hbond substituents is 1. The van der Waals surface area contributed by atoms with Crippen LogP contribution in [0.2, 0.25) is 0 Å². The molecule has 2 fully saturated rings. The first-order valence-electron chi connectivity index (χ1n) is 7.91. The van der Waals surface area contributed by atoms with E-state index in [2.05, 4.69) is 11.0 Å². The maximum absolute atomic E-state index is 10.0. The monoisotopic (exact) mass is 257 g/mol. The minimum atomic E-state index is 0.513. The second-order valence-corrected chi connectivity index (χ2v) is 6.54. The molecule has 1 aliphatic heterocycles. The van der Waals surface area contributed by atoms with Crippen LogP contribution in [0.4, 0.5) is 0 Å². The van der Waals surface area contributed by atoms with Gasteiger partial charge >= 0.3 is 0 Å². The van der Waals surface area contributed by atoms with E-state index in [0.717, 1.165) is 18.4 Å². The summed E-state index contributed by atoms with van der Waals surface area (Å²) in [6, 6.07) is 7.50. The van der Waals surface area contributed by atoms with Crippen molar-refractivity contribution in [3.63, 3.8) is 0 Å². The molecule has 0 amide bonds. The predicted molar refractivity (Wildman–Crippen MR) is 76.2 cm³/mol. The van der Waals surface area contributed by atoms with Crippen molar-refractivity contribution < 1.29 is 5.11 Å². The lowest BCUT2D eigenvalue weighted by Gasteiger charge is -2.36. The fraction of sp³-hybridized carbons (Fsp3) is 0.647. The minimum absolute atomic E-state index is 0.513. The number of likely N-dealkylation sites (tertiary alicyclic amines) is 1. The molecule has 3 aliphatic rings. The Labute approximate surface area is 115 Å². The predicted octanol–water partition coefficient (Wildman–Crippen LogP) is 3.64. The molecule has 2 heteroatoms. The van der Waals surface area contributed by atoms with Crippen LogP contribution in [0.25, 0.3) is 0 Å². The van der Waals surface area contributed by atoms with Crippen LogP contribution in [0.3, 0.4) is 0 Å². The SMILES string of the molecule is Oc1cccc2c1CCC2N1CCC2CCCCC21. The molecule has 1 N–H and O–H groups in total. The zero-order chi connectivity index (χ0) is 12.8.